The van der Waals surface area contributed by atoms with Gasteiger partial charge in [-0.25, -0.2) is 4.98 Å². The summed E-state index contributed by atoms with van der Waals surface area (Å²) in [5.74, 6) is 1.90. The van der Waals surface area contributed by atoms with E-state index in [0.717, 1.165) is 11.9 Å². The van der Waals surface area contributed by atoms with Gasteiger partial charge in [-0.2, -0.15) is 0 Å². The summed E-state index contributed by atoms with van der Waals surface area (Å²) in [6.45, 7) is 6.64. The van der Waals surface area contributed by atoms with Crippen LogP contribution in [-0.2, 0) is 0 Å². The minimum Gasteiger partial charge on any atom is -0.353 e. The molecule has 1 aromatic rings. The van der Waals surface area contributed by atoms with Gasteiger partial charge in [-0.15, -0.1) is 0 Å². The second-order valence-electron chi connectivity index (χ2n) is 5.03. The Morgan fingerprint density at radius 1 is 1.47 bits per heavy atom. The summed E-state index contributed by atoms with van der Waals surface area (Å²) < 4.78 is 2.31. The van der Waals surface area contributed by atoms with E-state index < -0.39 is 0 Å². The van der Waals surface area contributed by atoms with Gasteiger partial charge in [0.05, 0.1) is 0 Å². The molecule has 3 heteroatoms. The molecule has 1 heterocycles. The molecule has 0 aliphatic heterocycles. The molecule has 1 N–H and O–H groups in total. The summed E-state index contributed by atoms with van der Waals surface area (Å²) in [6.07, 6.45) is 7.94. The largest absolute Gasteiger partial charge is 0.353 e. The lowest BCUT2D eigenvalue weighted by molar-refractivity contribution is 0.496. The van der Waals surface area contributed by atoms with Gasteiger partial charge in [0.1, 0.15) is 0 Å². The monoisotopic (exact) mass is 207 g/mol. The van der Waals surface area contributed by atoms with E-state index >= 15 is 0 Å². The fraction of sp³-hybridized carbons (Fsp3) is 0.750. The highest BCUT2D eigenvalue weighted by Crippen LogP contribution is 2.35. The minimum atomic E-state index is 0.449. The van der Waals surface area contributed by atoms with Crippen LogP contribution in [0.3, 0.4) is 0 Å². The number of rotatable bonds is 3. The van der Waals surface area contributed by atoms with Crippen LogP contribution in [0.15, 0.2) is 12.4 Å². The molecular weight excluding hydrogens is 186 g/mol. The second-order valence-corrected chi connectivity index (χ2v) is 5.03. The van der Waals surface area contributed by atoms with Gasteiger partial charge < -0.3 is 9.88 Å². The van der Waals surface area contributed by atoms with Crippen LogP contribution < -0.4 is 5.32 Å². The third-order valence-electron chi connectivity index (χ3n) is 3.15. The highest BCUT2D eigenvalue weighted by Gasteiger charge is 2.24. The van der Waals surface area contributed by atoms with Crippen LogP contribution >= 0.6 is 0 Å². The Bertz CT molecular complexity index is 316. The fourth-order valence-corrected chi connectivity index (χ4v) is 2.41. The quantitative estimate of drug-likeness (QED) is 0.825. The molecule has 2 atom stereocenters. The van der Waals surface area contributed by atoms with Crippen LogP contribution in [0.2, 0.25) is 0 Å². The number of aromatic nitrogens is 2. The summed E-state index contributed by atoms with van der Waals surface area (Å²) in [7, 11) is 0. The van der Waals surface area contributed by atoms with Crippen LogP contribution in [0, 0.1) is 5.92 Å². The van der Waals surface area contributed by atoms with Crippen molar-refractivity contribution >= 4 is 5.95 Å². The van der Waals surface area contributed by atoms with E-state index in [0.29, 0.717) is 12.1 Å². The molecule has 0 aromatic carbocycles. The number of hydrogen-bond donors (Lipinski definition) is 1. The average Bonchev–Trinajstić information content (AvgIpc) is 2.72. The third-order valence-corrected chi connectivity index (χ3v) is 3.15. The van der Waals surface area contributed by atoms with Gasteiger partial charge in [-0.05, 0) is 39.0 Å². The van der Waals surface area contributed by atoms with Gasteiger partial charge in [0.25, 0.3) is 0 Å². The summed E-state index contributed by atoms with van der Waals surface area (Å²) in [6, 6.07) is 1.11. The van der Waals surface area contributed by atoms with Crippen LogP contribution in [0.5, 0.6) is 0 Å². The molecular formula is C12H21N3. The maximum absolute atomic E-state index is 4.38. The first-order chi connectivity index (χ1) is 7.16. The molecule has 0 spiro atoms. The number of anilines is 1. The van der Waals surface area contributed by atoms with E-state index in [1.54, 1.807) is 0 Å². The number of imidazole rings is 1. The van der Waals surface area contributed by atoms with E-state index in [1.165, 1.54) is 19.3 Å². The summed E-state index contributed by atoms with van der Waals surface area (Å²) in [5, 5.41) is 3.40. The maximum Gasteiger partial charge on any atom is 0.203 e. The van der Waals surface area contributed by atoms with Crippen molar-refractivity contribution in [2.45, 2.75) is 52.1 Å². The summed E-state index contributed by atoms with van der Waals surface area (Å²) in [5.41, 5.74) is 0. The molecule has 1 saturated carbocycles. The molecule has 15 heavy (non-hydrogen) atoms. The normalized spacial score (nSPS) is 26.1. The number of nitrogens with zero attached hydrogens (tertiary/aromatic N) is 2. The molecule has 3 nitrogen and oxygen atoms in total. The Labute approximate surface area is 91.9 Å². The molecule has 2 unspecified atom stereocenters. The second kappa shape index (κ2) is 4.25. The highest BCUT2D eigenvalue weighted by molar-refractivity contribution is 5.28. The number of hydrogen-bond acceptors (Lipinski definition) is 2. The van der Waals surface area contributed by atoms with E-state index in [4.69, 9.17) is 0 Å². The van der Waals surface area contributed by atoms with Crippen LogP contribution in [0.4, 0.5) is 5.95 Å². The molecule has 1 aromatic heterocycles. The van der Waals surface area contributed by atoms with Crippen molar-refractivity contribution in [3.63, 3.8) is 0 Å². The number of nitrogens with one attached hydrogen (secondary N) is 1. The van der Waals surface area contributed by atoms with Crippen molar-refractivity contribution in [2.75, 3.05) is 5.32 Å². The lowest BCUT2D eigenvalue weighted by atomic mass is 10.1. The molecule has 1 aliphatic rings. The molecule has 1 aliphatic carbocycles. The Morgan fingerprint density at radius 3 is 2.87 bits per heavy atom. The molecule has 2 rings (SSSR count). The van der Waals surface area contributed by atoms with E-state index in [1.807, 2.05) is 6.20 Å². The molecule has 0 amide bonds. The van der Waals surface area contributed by atoms with Gasteiger partial charge in [-0.3, -0.25) is 0 Å². The standard InChI is InChI=1S/C12H21N3/c1-9(2)14-12-13-6-7-15(12)11-5-4-10(3)8-11/h6-7,9-11H,4-5,8H2,1-3H3,(H,13,14). The lowest BCUT2D eigenvalue weighted by Gasteiger charge is -2.17. The summed E-state index contributed by atoms with van der Waals surface area (Å²) in [4.78, 5) is 4.38. The Morgan fingerprint density at radius 2 is 2.27 bits per heavy atom. The van der Waals surface area contributed by atoms with Gasteiger partial charge in [0.15, 0.2) is 0 Å². The van der Waals surface area contributed by atoms with Crippen molar-refractivity contribution in [3.8, 4) is 0 Å². The zero-order valence-corrected chi connectivity index (χ0v) is 9.90. The molecule has 0 saturated heterocycles. The zero-order chi connectivity index (χ0) is 10.8. The van der Waals surface area contributed by atoms with E-state index in [9.17, 15) is 0 Å². The Kier molecular flexibility index (Phi) is 2.98. The topological polar surface area (TPSA) is 29.9 Å². The lowest BCUT2D eigenvalue weighted by Crippen LogP contribution is -2.16. The Balaban J connectivity index is 2.10. The van der Waals surface area contributed by atoms with Crippen molar-refractivity contribution in [1.29, 1.82) is 0 Å². The zero-order valence-electron chi connectivity index (χ0n) is 9.90. The third kappa shape index (κ3) is 2.33. The predicted octanol–water partition coefficient (Wildman–Crippen LogP) is 3.06. The molecule has 0 bridgehead atoms. The minimum absolute atomic E-state index is 0.449. The van der Waals surface area contributed by atoms with Crippen molar-refractivity contribution in [3.05, 3.63) is 12.4 Å². The van der Waals surface area contributed by atoms with Gasteiger partial charge in [0, 0.05) is 24.5 Å². The fourth-order valence-electron chi connectivity index (χ4n) is 2.41. The first-order valence-electron chi connectivity index (χ1n) is 5.96. The first-order valence-corrected chi connectivity index (χ1v) is 5.96. The van der Waals surface area contributed by atoms with Gasteiger partial charge in [0.2, 0.25) is 5.95 Å². The van der Waals surface area contributed by atoms with Gasteiger partial charge >= 0.3 is 0 Å². The maximum atomic E-state index is 4.38. The summed E-state index contributed by atoms with van der Waals surface area (Å²) >= 11 is 0. The SMILES string of the molecule is CC1CCC(n2ccnc2NC(C)C)C1. The van der Waals surface area contributed by atoms with E-state index in [2.05, 4.69) is 41.8 Å². The first kappa shape index (κ1) is 10.5. The predicted molar refractivity (Wildman–Crippen MR) is 63.0 cm³/mol. The van der Waals surface area contributed by atoms with Gasteiger partial charge in [-0.1, -0.05) is 6.92 Å². The Hall–Kier alpha value is -0.990. The average molecular weight is 207 g/mol. The van der Waals surface area contributed by atoms with Crippen LogP contribution in [0.1, 0.15) is 46.1 Å². The van der Waals surface area contributed by atoms with E-state index in [-0.39, 0.29) is 0 Å². The molecule has 0 radical (unpaired) electrons. The highest BCUT2D eigenvalue weighted by atomic mass is 15.2. The van der Waals surface area contributed by atoms with Crippen LogP contribution in [0.25, 0.3) is 0 Å². The molecule has 84 valence electrons. The van der Waals surface area contributed by atoms with Crippen molar-refractivity contribution in [2.24, 2.45) is 5.92 Å². The molecule has 1 fully saturated rings. The van der Waals surface area contributed by atoms with Crippen LogP contribution in [-0.4, -0.2) is 15.6 Å². The van der Waals surface area contributed by atoms with Crippen molar-refractivity contribution in [1.82, 2.24) is 9.55 Å². The van der Waals surface area contributed by atoms with Crippen molar-refractivity contribution < 1.29 is 0 Å². The smallest absolute Gasteiger partial charge is 0.203 e.